The lowest BCUT2D eigenvalue weighted by atomic mass is 9.94. The van der Waals surface area contributed by atoms with E-state index in [4.69, 9.17) is 0 Å². The number of hydrogen-bond acceptors (Lipinski definition) is 3. The van der Waals surface area contributed by atoms with Crippen LogP contribution >= 0.6 is 0 Å². The molecule has 0 aliphatic carbocycles. The van der Waals surface area contributed by atoms with E-state index in [0.29, 0.717) is 44.6 Å². The Morgan fingerprint density at radius 1 is 0.909 bits per heavy atom. The first-order chi connectivity index (χ1) is 16.0. The van der Waals surface area contributed by atoms with Gasteiger partial charge >= 0.3 is 0 Å². The molecular formula is C27H31N3O3. The normalized spacial score (nSPS) is 24.8. The second-order valence-corrected chi connectivity index (χ2v) is 9.73. The molecule has 0 aromatic heterocycles. The molecule has 6 nitrogen and oxygen atoms in total. The summed E-state index contributed by atoms with van der Waals surface area (Å²) in [6, 6.07) is 17.2. The van der Waals surface area contributed by atoms with Crippen LogP contribution in [-0.4, -0.2) is 64.1 Å². The minimum Gasteiger partial charge on any atom is -0.338 e. The molecule has 2 unspecified atom stereocenters. The van der Waals surface area contributed by atoms with Crippen LogP contribution in [-0.2, 0) is 16.1 Å². The maximum atomic E-state index is 13.6. The van der Waals surface area contributed by atoms with Crippen LogP contribution in [0.5, 0.6) is 0 Å². The van der Waals surface area contributed by atoms with Crippen LogP contribution in [0.25, 0.3) is 0 Å². The number of fused-ring (bicyclic) bond motifs is 4. The summed E-state index contributed by atoms with van der Waals surface area (Å²) in [6.07, 6.45) is 2.94. The fraction of sp³-hybridized carbons (Fsp3) is 0.444. The molecule has 3 atom stereocenters. The van der Waals surface area contributed by atoms with Crippen molar-refractivity contribution in [2.75, 3.05) is 19.6 Å². The highest BCUT2D eigenvalue weighted by atomic mass is 16.2. The van der Waals surface area contributed by atoms with Crippen molar-refractivity contribution in [1.82, 2.24) is 14.7 Å². The van der Waals surface area contributed by atoms with Crippen molar-refractivity contribution >= 4 is 17.7 Å². The van der Waals surface area contributed by atoms with E-state index in [1.807, 2.05) is 71.3 Å². The molecule has 0 radical (unpaired) electrons. The van der Waals surface area contributed by atoms with Gasteiger partial charge in [-0.05, 0) is 49.8 Å². The molecule has 0 N–H and O–H groups in total. The van der Waals surface area contributed by atoms with Gasteiger partial charge in [0.1, 0.15) is 6.04 Å². The number of hydrogen-bond donors (Lipinski definition) is 0. The Hall–Kier alpha value is -3.15. The highest BCUT2D eigenvalue weighted by molar-refractivity contribution is 5.95. The number of amides is 3. The molecule has 172 valence electrons. The Morgan fingerprint density at radius 3 is 2.42 bits per heavy atom. The van der Waals surface area contributed by atoms with E-state index in [-0.39, 0.29) is 29.7 Å². The zero-order chi connectivity index (χ0) is 22.9. The summed E-state index contributed by atoms with van der Waals surface area (Å²) < 4.78 is 0. The van der Waals surface area contributed by atoms with Gasteiger partial charge in [0.25, 0.3) is 5.91 Å². The summed E-state index contributed by atoms with van der Waals surface area (Å²) in [5, 5.41) is 0. The second kappa shape index (κ2) is 9.00. The Balaban J connectivity index is 1.31. The van der Waals surface area contributed by atoms with Crippen LogP contribution in [0.1, 0.15) is 47.2 Å². The van der Waals surface area contributed by atoms with E-state index in [1.165, 1.54) is 5.56 Å². The zero-order valence-electron chi connectivity index (χ0n) is 19.2. The molecule has 6 heteroatoms. The Morgan fingerprint density at radius 2 is 1.67 bits per heavy atom. The minimum atomic E-state index is -0.408. The largest absolute Gasteiger partial charge is 0.338 e. The van der Waals surface area contributed by atoms with Gasteiger partial charge in [-0.1, -0.05) is 48.0 Å². The maximum Gasteiger partial charge on any atom is 0.254 e. The number of nitrogens with zero attached hydrogens (tertiary/aromatic N) is 3. The molecule has 0 saturated carbocycles. The number of aryl methyl sites for hydroxylation is 1. The lowest BCUT2D eigenvalue weighted by molar-refractivity contribution is -0.142. The third-order valence-corrected chi connectivity index (χ3v) is 7.39. The predicted molar refractivity (Wildman–Crippen MR) is 125 cm³/mol. The molecule has 4 aliphatic heterocycles. The minimum absolute atomic E-state index is 0.0306. The number of piperidine rings is 1. The Kier molecular flexibility index (Phi) is 5.92. The van der Waals surface area contributed by atoms with Gasteiger partial charge in [0.2, 0.25) is 11.8 Å². The fourth-order valence-electron chi connectivity index (χ4n) is 5.55. The molecule has 4 heterocycles. The van der Waals surface area contributed by atoms with Crippen LogP contribution in [0.15, 0.2) is 54.6 Å². The monoisotopic (exact) mass is 445 g/mol. The van der Waals surface area contributed by atoms with Crippen molar-refractivity contribution in [3.63, 3.8) is 0 Å². The molecular weight excluding hydrogens is 414 g/mol. The molecule has 0 spiro atoms. The van der Waals surface area contributed by atoms with Crippen LogP contribution in [0.4, 0.5) is 0 Å². The van der Waals surface area contributed by atoms with Crippen LogP contribution < -0.4 is 0 Å². The van der Waals surface area contributed by atoms with Gasteiger partial charge in [-0.2, -0.15) is 0 Å². The van der Waals surface area contributed by atoms with E-state index in [0.717, 1.165) is 18.4 Å². The molecule has 4 fully saturated rings. The smallest absolute Gasteiger partial charge is 0.254 e. The third-order valence-electron chi connectivity index (χ3n) is 7.39. The van der Waals surface area contributed by atoms with E-state index < -0.39 is 6.04 Å². The molecule has 4 aliphatic rings. The molecule has 6 rings (SSSR count). The van der Waals surface area contributed by atoms with E-state index in [9.17, 15) is 14.4 Å². The molecule has 2 bridgehead atoms. The first kappa shape index (κ1) is 21.7. The summed E-state index contributed by atoms with van der Waals surface area (Å²) in [5.74, 6) is 0.422. The number of likely N-dealkylation sites (tertiary alicyclic amines) is 1. The van der Waals surface area contributed by atoms with E-state index >= 15 is 0 Å². The second-order valence-electron chi connectivity index (χ2n) is 9.73. The molecule has 33 heavy (non-hydrogen) atoms. The average Bonchev–Trinajstić information content (AvgIpc) is 3.00. The number of benzene rings is 2. The van der Waals surface area contributed by atoms with Gasteiger partial charge in [0, 0.05) is 44.2 Å². The van der Waals surface area contributed by atoms with Crippen molar-refractivity contribution < 1.29 is 14.4 Å². The summed E-state index contributed by atoms with van der Waals surface area (Å²) in [4.78, 5) is 45.1. The van der Waals surface area contributed by atoms with Crippen LogP contribution in [0.3, 0.4) is 0 Å². The van der Waals surface area contributed by atoms with Crippen molar-refractivity contribution in [2.45, 2.75) is 51.2 Å². The fourth-order valence-corrected chi connectivity index (χ4v) is 5.55. The summed E-state index contributed by atoms with van der Waals surface area (Å²) in [5.41, 5.74) is 2.92. The van der Waals surface area contributed by atoms with E-state index in [2.05, 4.69) is 0 Å². The zero-order valence-corrected chi connectivity index (χ0v) is 19.2. The predicted octanol–water partition coefficient (Wildman–Crippen LogP) is 3.25. The maximum absolute atomic E-state index is 13.6. The van der Waals surface area contributed by atoms with Gasteiger partial charge < -0.3 is 14.7 Å². The van der Waals surface area contributed by atoms with Crippen molar-refractivity contribution in [3.8, 4) is 0 Å². The van der Waals surface area contributed by atoms with Crippen LogP contribution in [0, 0.1) is 12.8 Å². The topological polar surface area (TPSA) is 60.9 Å². The van der Waals surface area contributed by atoms with Gasteiger partial charge in [0.05, 0.1) is 0 Å². The lowest BCUT2D eigenvalue weighted by Gasteiger charge is -2.36. The molecule has 2 aromatic carbocycles. The number of carbonyl (C=O) groups is 3. The summed E-state index contributed by atoms with van der Waals surface area (Å²) >= 11 is 0. The van der Waals surface area contributed by atoms with Gasteiger partial charge in [-0.25, -0.2) is 0 Å². The average molecular weight is 446 g/mol. The molecule has 2 aromatic rings. The Bertz CT molecular complexity index is 1040. The Labute approximate surface area is 195 Å². The SMILES string of the molecule is Cc1ccc(CN2C(=O)CC[C@H]2C(=O)N2CC3CCC(C2)N(C(=O)c2ccccc2)C3)cc1. The van der Waals surface area contributed by atoms with Crippen molar-refractivity contribution in [2.24, 2.45) is 5.92 Å². The van der Waals surface area contributed by atoms with Gasteiger partial charge in [-0.15, -0.1) is 0 Å². The quantitative estimate of drug-likeness (QED) is 0.726. The standard InChI is InChI=1S/C27H31N3O3/c1-19-7-9-20(10-8-19)16-30-24(13-14-25(30)31)27(33)28-15-21-11-12-23(18-28)29(17-21)26(32)22-5-3-2-4-6-22/h2-10,21,23-24H,11-18H2,1H3/t21?,23?,24-/m0/s1. The first-order valence-electron chi connectivity index (χ1n) is 12.0. The van der Waals surface area contributed by atoms with Gasteiger partial charge in [0.15, 0.2) is 0 Å². The van der Waals surface area contributed by atoms with Crippen molar-refractivity contribution in [1.29, 1.82) is 0 Å². The van der Waals surface area contributed by atoms with Gasteiger partial charge in [-0.3, -0.25) is 14.4 Å². The third kappa shape index (κ3) is 4.39. The van der Waals surface area contributed by atoms with Crippen LogP contribution in [0.2, 0.25) is 0 Å². The summed E-state index contributed by atoms with van der Waals surface area (Å²) in [7, 11) is 0. The first-order valence-corrected chi connectivity index (χ1v) is 12.0. The lowest BCUT2D eigenvalue weighted by Crippen LogP contribution is -2.50. The summed E-state index contributed by atoms with van der Waals surface area (Å²) in [6.45, 7) is 4.41. The molecule has 3 amide bonds. The molecule has 4 saturated heterocycles. The highest BCUT2D eigenvalue weighted by Crippen LogP contribution is 2.31. The van der Waals surface area contributed by atoms with Crippen molar-refractivity contribution in [3.05, 3.63) is 71.3 Å². The number of carbonyl (C=O) groups excluding carboxylic acids is 3. The highest BCUT2D eigenvalue weighted by Gasteiger charge is 2.43. The van der Waals surface area contributed by atoms with E-state index in [1.54, 1.807) is 4.90 Å². The number of rotatable bonds is 4.